The van der Waals surface area contributed by atoms with Crippen LogP contribution in [0.1, 0.15) is 21.6 Å². The van der Waals surface area contributed by atoms with E-state index in [9.17, 15) is 9.18 Å². The molecule has 0 saturated heterocycles. The van der Waals surface area contributed by atoms with Gasteiger partial charge >= 0.3 is 0 Å². The molecule has 0 aliphatic carbocycles. The summed E-state index contributed by atoms with van der Waals surface area (Å²) in [6, 6.07) is 5.82. The molecule has 1 aromatic heterocycles. The van der Waals surface area contributed by atoms with Gasteiger partial charge in [0.25, 0.3) is 0 Å². The van der Waals surface area contributed by atoms with Crippen molar-refractivity contribution in [3.8, 4) is 0 Å². The van der Waals surface area contributed by atoms with Crippen LogP contribution in [0.5, 0.6) is 0 Å². The van der Waals surface area contributed by atoms with Crippen LogP contribution in [0, 0.1) is 12.7 Å². The molecule has 4 nitrogen and oxygen atoms in total. The highest BCUT2D eigenvalue weighted by molar-refractivity contribution is 6.12. The van der Waals surface area contributed by atoms with Crippen molar-refractivity contribution < 1.29 is 9.18 Å². The molecule has 0 aliphatic rings. The minimum absolute atomic E-state index is 0.00954. The second-order valence-corrected chi connectivity index (χ2v) is 3.78. The number of ketones is 1. The van der Waals surface area contributed by atoms with Crippen LogP contribution in [-0.4, -0.2) is 15.6 Å². The molecule has 0 unspecified atom stereocenters. The zero-order valence-corrected chi connectivity index (χ0v) is 9.57. The van der Waals surface area contributed by atoms with Crippen molar-refractivity contribution in [2.45, 2.75) is 6.92 Å². The molecule has 0 amide bonds. The Labute approximate surface area is 97.9 Å². The monoisotopic (exact) mass is 233 g/mol. The van der Waals surface area contributed by atoms with E-state index in [1.807, 2.05) is 0 Å². The Hall–Kier alpha value is -2.17. The SMILES string of the molecule is Cc1nn(C)c(N)c1C(=O)c1ccccc1F. The summed E-state index contributed by atoms with van der Waals surface area (Å²) in [5.74, 6) is -0.748. The van der Waals surface area contributed by atoms with E-state index in [0.29, 0.717) is 5.69 Å². The van der Waals surface area contributed by atoms with Gasteiger partial charge in [-0.05, 0) is 19.1 Å². The molecule has 0 radical (unpaired) electrons. The maximum atomic E-state index is 13.5. The third kappa shape index (κ3) is 1.80. The first-order valence-corrected chi connectivity index (χ1v) is 5.10. The smallest absolute Gasteiger partial charge is 0.201 e. The van der Waals surface area contributed by atoms with Crippen LogP contribution in [0.15, 0.2) is 24.3 Å². The summed E-state index contributed by atoms with van der Waals surface area (Å²) < 4.78 is 14.9. The topological polar surface area (TPSA) is 60.9 Å². The number of rotatable bonds is 2. The third-order valence-corrected chi connectivity index (χ3v) is 2.61. The number of aryl methyl sites for hydroxylation is 2. The Bertz CT molecular complexity index is 589. The number of benzene rings is 1. The molecular formula is C12H12FN3O. The Morgan fingerprint density at radius 3 is 2.59 bits per heavy atom. The molecule has 1 aromatic carbocycles. The van der Waals surface area contributed by atoms with Crippen molar-refractivity contribution in [3.05, 3.63) is 46.9 Å². The van der Waals surface area contributed by atoms with E-state index in [1.165, 1.54) is 22.9 Å². The number of hydrogen-bond acceptors (Lipinski definition) is 3. The summed E-state index contributed by atoms with van der Waals surface area (Å²) in [5, 5.41) is 4.04. The van der Waals surface area contributed by atoms with Crippen LogP contribution in [0.25, 0.3) is 0 Å². The van der Waals surface area contributed by atoms with Gasteiger partial charge in [0.15, 0.2) is 0 Å². The molecule has 0 saturated carbocycles. The van der Waals surface area contributed by atoms with Gasteiger partial charge in [-0.1, -0.05) is 12.1 Å². The number of anilines is 1. The molecule has 17 heavy (non-hydrogen) atoms. The molecule has 2 N–H and O–H groups in total. The molecular weight excluding hydrogens is 221 g/mol. The van der Waals surface area contributed by atoms with Crippen LogP contribution in [-0.2, 0) is 7.05 Å². The van der Waals surface area contributed by atoms with Gasteiger partial charge in [-0.25, -0.2) is 4.39 Å². The number of nitrogens with zero attached hydrogens (tertiary/aromatic N) is 2. The highest BCUT2D eigenvalue weighted by Crippen LogP contribution is 2.21. The quantitative estimate of drug-likeness (QED) is 0.803. The average Bonchev–Trinajstić information content (AvgIpc) is 2.53. The van der Waals surface area contributed by atoms with Crippen LogP contribution < -0.4 is 5.73 Å². The minimum atomic E-state index is -0.555. The summed E-state index contributed by atoms with van der Waals surface area (Å²) in [4.78, 5) is 12.1. The first kappa shape index (κ1) is 11.3. The molecule has 0 fully saturated rings. The van der Waals surface area contributed by atoms with Gasteiger partial charge < -0.3 is 5.73 Å². The molecule has 2 aromatic rings. The van der Waals surface area contributed by atoms with E-state index >= 15 is 0 Å². The lowest BCUT2D eigenvalue weighted by Crippen LogP contribution is -2.08. The van der Waals surface area contributed by atoms with Crippen molar-refractivity contribution in [3.63, 3.8) is 0 Å². The molecule has 0 atom stereocenters. The fourth-order valence-electron chi connectivity index (χ4n) is 1.74. The highest BCUT2D eigenvalue weighted by atomic mass is 19.1. The lowest BCUT2D eigenvalue weighted by atomic mass is 10.0. The Morgan fingerprint density at radius 2 is 2.06 bits per heavy atom. The van der Waals surface area contributed by atoms with Gasteiger partial charge in [0.1, 0.15) is 11.6 Å². The zero-order chi connectivity index (χ0) is 12.6. The highest BCUT2D eigenvalue weighted by Gasteiger charge is 2.21. The van der Waals surface area contributed by atoms with Gasteiger partial charge in [0, 0.05) is 7.05 Å². The largest absolute Gasteiger partial charge is 0.383 e. The van der Waals surface area contributed by atoms with Crippen molar-refractivity contribution in [1.82, 2.24) is 9.78 Å². The van der Waals surface area contributed by atoms with Gasteiger partial charge in [-0.3, -0.25) is 9.48 Å². The average molecular weight is 233 g/mol. The summed E-state index contributed by atoms with van der Waals surface area (Å²) in [6.07, 6.45) is 0. The van der Waals surface area contributed by atoms with E-state index in [1.54, 1.807) is 20.0 Å². The number of hydrogen-bond donors (Lipinski definition) is 1. The van der Waals surface area contributed by atoms with Crippen molar-refractivity contribution in [1.29, 1.82) is 0 Å². The summed E-state index contributed by atoms with van der Waals surface area (Å²) in [5.41, 5.74) is 6.52. The summed E-state index contributed by atoms with van der Waals surface area (Å²) >= 11 is 0. The maximum absolute atomic E-state index is 13.5. The Balaban J connectivity index is 2.55. The van der Waals surface area contributed by atoms with Crippen LogP contribution in [0.4, 0.5) is 10.2 Å². The predicted octanol–water partition coefficient (Wildman–Crippen LogP) is 1.68. The van der Waals surface area contributed by atoms with Crippen molar-refractivity contribution in [2.24, 2.45) is 7.05 Å². The minimum Gasteiger partial charge on any atom is -0.383 e. The number of nitrogen functional groups attached to an aromatic ring is 1. The molecule has 5 heteroatoms. The Kier molecular flexibility index (Phi) is 2.67. The summed E-state index contributed by atoms with van der Waals surface area (Å²) in [6.45, 7) is 1.67. The second kappa shape index (κ2) is 4.01. The molecule has 1 heterocycles. The molecule has 0 bridgehead atoms. The van der Waals surface area contributed by atoms with Crippen LogP contribution >= 0.6 is 0 Å². The zero-order valence-electron chi connectivity index (χ0n) is 9.57. The Morgan fingerprint density at radius 1 is 1.41 bits per heavy atom. The van der Waals surface area contributed by atoms with E-state index in [0.717, 1.165) is 0 Å². The number of carbonyl (C=O) groups is 1. The molecule has 0 aliphatic heterocycles. The number of halogens is 1. The number of nitrogens with two attached hydrogens (primary N) is 1. The maximum Gasteiger partial charge on any atom is 0.201 e. The molecule has 88 valence electrons. The van der Waals surface area contributed by atoms with E-state index < -0.39 is 11.6 Å². The predicted molar refractivity (Wildman–Crippen MR) is 62.2 cm³/mol. The van der Waals surface area contributed by atoms with E-state index in [4.69, 9.17) is 5.73 Å². The number of carbonyl (C=O) groups excluding carboxylic acids is 1. The normalized spacial score (nSPS) is 10.5. The van der Waals surface area contributed by atoms with Gasteiger partial charge in [-0.15, -0.1) is 0 Å². The molecule has 2 rings (SSSR count). The second-order valence-electron chi connectivity index (χ2n) is 3.78. The van der Waals surface area contributed by atoms with Crippen molar-refractivity contribution in [2.75, 3.05) is 5.73 Å². The fourth-order valence-corrected chi connectivity index (χ4v) is 1.74. The van der Waals surface area contributed by atoms with Crippen molar-refractivity contribution >= 4 is 11.6 Å². The lowest BCUT2D eigenvalue weighted by Gasteiger charge is -2.02. The standard InChI is InChI=1S/C12H12FN3O/c1-7-10(12(14)16(2)15-7)11(17)8-5-3-4-6-9(8)13/h3-6H,14H2,1-2H3. The van der Waals surface area contributed by atoms with Gasteiger partial charge in [-0.2, -0.15) is 5.10 Å². The van der Waals surface area contributed by atoms with E-state index in [2.05, 4.69) is 5.10 Å². The number of aromatic nitrogens is 2. The van der Waals surface area contributed by atoms with Gasteiger partial charge in [0.05, 0.1) is 16.8 Å². The lowest BCUT2D eigenvalue weighted by molar-refractivity contribution is 0.103. The van der Waals surface area contributed by atoms with Crippen LogP contribution in [0.3, 0.4) is 0 Å². The first-order valence-electron chi connectivity index (χ1n) is 5.10. The van der Waals surface area contributed by atoms with Crippen LogP contribution in [0.2, 0.25) is 0 Å². The first-order chi connectivity index (χ1) is 8.02. The van der Waals surface area contributed by atoms with Gasteiger partial charge in [0.2, 0.25) is 5.78 Å². The molecule has 0 spiro atoms. The van der Waals surface area contributed by atoms with E-state index in [-0.39, 0.29) is 16.9 Å². The third-order valence-electron chi connectivity index (χ3n) is 2.61. The summed E-state index contributed by atoms with van der Waals surface area (Å²) in [7, 11) is 1.64. The fraction of sp³-hybridized carbons (Fsp3) is 0.167.